The third kappa shape index (κ3) is 3.26. The van der Waals surface area contributed by atoms with Gasteiger partial charge in [0.25, 0.3) is 0 Å². The molecule has 0 saturated heterocycles. The van der Waals surface area contributed by atoms with Crippen molar-refractivity contribution in [3.8, 4) is 28.2 Å². The van der Waals surface area contributed by atoms with Gasteiger partial charge in [-0.2, -0.15) is 0 Å². The first kappa shape index (κ1) is 20.1. The molecular formula is C31H21N3S. The van der Waals surface area contributed by atoms with E-state index in [4.69, 9.17) is 9.97 Å². The first-order valence-corrected chi connectivity index (χ1v) is 12.5. The molecule has 7 rings (SSSR count). The number of benzene rings is 4. The second kappa shape index (κ2) is 7.90. The number of nitrogens with zero attached hydrogens (tertiary/aromatic N) is 3. The number of para-hydroxylation sites is 2. The first-order valence-electron chi connectivity index (χ1n) is 11.7. The van der Waals surface area contributed by atoms with Gasteiger partial charge in [0.2, 0.25) is 0 Å². The predicted molar refractivity (Wildman–Crippen MR) is 147 cm³/mol. The number of aromatic nitrogens is 3. The zero-order chi connectivity index (χ0) is 23.4. The quantitative estimate of drug-likeness (QED) is 0.261. The maximum absolute atomic E-state index is 5.15. The Labute approximate surface area is 207 Å². The number of fused-ring (bicyclic) bond motifs is 4. The molecule has 166 valence electrons. The summed E-state index contributed by atoms with van der Waals surface area (Å²) in [5.74, 6) is 0.949. The molecule has 0 fully saturated rings. The first-order chi connectivity index (χ1) is 17.3. The van der Waals surface area contributed by atoms with E-state index >= 15 is 0 Å². The van der Waals surface area contributed by atoms with Crippen molar-refractivity contribution in [1.29, 1.82) is 0 Å². The molecule has 3 aromatic heterocycles. The van der Waals surface area contributed by atoms with Crippen LogP contribution >= 0.6 is 11.3 Å². The van der Waals surface area contributed by atoms with Crippen LogP contribution in [0.1, 0.15) is 5.69 Å². The monoisotopic (exact) mass is 467 g/mol. The van der Waals surface area contributed by atoms with Gasteiger partial charge in [-0.1, -0.05) is 66.7 Å². The molecule has 0 aliphatic heterocycles. The summed E-state index contributed by atoms with van der Waals surface area (Å²) in [6.07, 6.45) is 0. The average molecular weight is 468 g/mol. The van der Waals surface area contributed by atoms with E-state index < -0.39 is 0 Å². The van der Waals surface area contributed by atoms with Crippen molar-refractivity contribution in [2.45, 2.75) is 6.92 Å². The number of hydrogen-bond acceptors (Lipinski definition) is 3. The van der Waals surface area contributed by atoms with Gasteiger partial charge in [0.05, 0.1) is 11.0 Å². The minimum absolute atomic E-state index is 0.949. The molecule has 0 amide bonds. The average Bonchev–Trinajstić information content (AvgIpc) is 3.47. The van der Waals surface area contributed by atoms with E-state index in [-0.39, 0.29) is 0 Å². The molecule has 35 heavy (non-hydrogen) atoms. The standard InChI is InChI=1S/C31H21N3S/c1-20-17-18-25-24-13-8-14-26(29(24)35-31(25)32-20)30-33-27-15-5-6-16-28(27)34(30)23-12-7-11-22(19-23)21-9-3-2-4-10-21/h2-19H,1H3. The van der Waals surface area contributed by atoms with Gasteiger partial charge in [-0.25, -0.2) is 9.97 Å². The molecular weight excluding hydrogens is 446 g/mol. The van der Waals surface area contributed by atoms with Crippen LogP contribution in [0.5, 0.6) is 0 Å². The van der Waals surface area contributed by atoms with E-state index in [0.717, 1.165) is 38.6 Å². The summed E-state index contributed by atoms with van der Waals surface area (Å²) >= 11 is 1.75. The van der Waals surface area contributed by atoms with Gasteiger partial charge in [0, 0.05) is 32.4 Å². The Balaban J connectivity index is 1.52. The second-order valence-electron chi connectivity index (χ2n) is 8.77. The number of hydrogen-bond donors (Lipinski definition) is 0. The van der Waals surface area contributed by atoms with E-state index in [1.54, 1.807) is 11.3 Å². The molecule has 4 aromatic carbocycles. The van der Waals surface area contributed by atoms with Crippen molar-refractivity contribution in [3.63, 3.8) is 0 Å². The van der Waals surface area contributed by atoms with Crippen LogP contribution in [0.4, 0.5) is 0 Å². The number of thiophene rings is 1. The van der Waals surface area contributed by atoms with Gasteiger partial charge < -0.3 is 0 Å². The third-order valence-corrected chi connectivity index (χ3v) is 7.67. The Morgan fingerprint density at radius 1 is 0.657 bits per heavy atom. The summed E-state index contributed by atoms with van der Waals surface area (Å²) in [7, 11) is 0. The normalized spacial score (nSPS) is 11.6. The summed E-state index contributed by atoms with van der Waals surface area (Å²) in [4.78, 5) is 11.0. The van der Waals surface area contributed by atoms with Gasteiger partial charge in [0.1, 0.15) is 10.7 Å². The van der Waals surface area contributed by atoms with E-state index in [2.05, 4.69) is 114 Å². The Hall–Kier alpha value is -4.28. The Morgan fingerprint density at radius 2 is 1.46 bits per heavy atom. The van der Waals surface area contributed by atoms with Gasteiger partial charge >= 0.3 is 0 Å². The fourth-order valence-corrected chi connectivity index (χ4v) is 6.10. The lowest BCUT2D eigenvalue weighted by molar-refractivity contribution is 1.11. The van der Waals surface area contributed by atoms with Crippen molar-refractivity contribution < 1.29 is 0 Å². The molecule has 4 heteroatoms. The molecule has 7 aromatic rings. The van der Waals surface area contributed by atoms with Crippen LogP contribution in [0, 0.1) is 6.92 Å². The molecule has 0 aliphatic rings. The van der Waals surface area contributed by atoms with Gasteiger partial charge in [0.15, 0.2) is 0 Å². The highest BCUT2D eigenvalue weighted by Crippen LogP contribution is 2.40. The minimum atomic E-state index is 0.949. The largest absolute Gasteiger partial charge is 0.292 e. The van der Waals surface area contributed by atoms with Crippen molar-refractivity contribution in [2.75, 3.05) is 0 Å². The van der Waals surface area contributed by atoms with Crippen molar-refractivity contribution in [2.24, 2.45) is 0 Å². The van der Waals surface area contributed by atoms with Crippen LogP contribution in [0.25, 0.3) is 59.5 Å². The summed E-state index contributed by atoms with van der Waals surface area (Å²) in [6.45, 7) is 2.05. The van der Waals surface area contributed by atoms with Crippen LogP contribution < -0.4 is 0 Å². The molecule has 0 unspecified atom stereocenters. The highest BCUT2D eigenvalue weighted by molar-refractivity contribution is 7.26. The van der Waals surface area contributed by atoms with Crippen LogP contribution in [-0.4, -0.2) is 14.5 Å². The maximum Gasteiger partial charge on any atom is 0.147 e. The minimum Gasteiger partial charge on any atom is -0.292 e. The topological polar surface area (TPSA) is 30.7 Å². The van der Waals surface area contributed by atoms with Gasteiger partial charge in [-0.3, -0.25) is 4.57 Å². The smallest absolute Gasteiger partial charge is 0.147 e. The van der Waals surface area contributed by atoms with Crippen LogP contribution in [0.3, 0.4) is 0 Å². The lowest BCUT2D eigenvalue weighted by Crippen LogP contribution is -1.98. The lowest BCUT2D eigenvalue weighted by Gasteiger charge is -2.12. The summed E-state index contributed by atoms with van der Waals surface area (Å²) < 4.78 is 3.51. The molecule has 0 atom stereocenters. The number of rotatable bonds is 3. The van der Waals surface area contributed by atoms with Gasteiger partial charge in [-0.05, 0) is 60.5 Å². The number of imidazole rings is 1. The van der Waals surface area contributed by atoms with E-state index in [1.165, 1.54) is 26.6 Å². The fourth-order valence-electron chi connectivity index (χ4n) is 4.87. The molecule has 0 radical (unpaired) electrons. The summed E-state index contributed by atoms with van der Waals surface area (Å²) in [5.41, 5.74) is 7.74. The van der Waals surface area contributed by atoms with E-state index in [1.807, 2.05) is 6.92 Å². The van der Waals surface area contributed by atoms with Crippen LogP contribution in [0.2, 0.25) is 0 Å². The van der Waals surface area contributed by atoms with E-state index in [9.17, 15) is 0 Å². The highest BCUT2D eigenvalue weighted by Gasteiger charge is 2.19. The molecule has 0 bridgehead atoms. The van der Waals surface area contributed by atoms with Crippen molar-refractivity contribution in [3.05, 3.63) is 115 Å². The maximum atomic E-state index is 5.15. The second-order valence-corrected chi connectivity index (χ2v) is 9.76. The zero-order valence-corrected chi connectivity index (χ0v) is 20.0. The molecule has 0 saturated carbocycles. The summed E-state index contributed by atoms with van der Waals surface area (Å²) in [5, 5.41) is 2.43. The van der Waals surface area contributed by atoms with Crippen molar-refractivity contribution >= 4 is 42.7 Å². The fraction of sp³-hybridized carbons (Fsp3) is 0.0323. The molecule has 3 heterocycles. The Kier molecular flexibility index (Phi) is 4.54. The van der Waals surface area contributed by atoms with Crippen LogP contribution in [0.15, 0.2) is 109 Å². The molecule has 0 aliphatic carbocycles. The van der Waals surface area contributed by atoms with Crippen molar-refractivity contribution in [1.82, 2.24) is 14.5 Å². The Morgan fingerprint density at radius 3 is 2.37 bits per heavy atom. The SMILES string of the molecule is Cc1ccc2c(n1)sc1c(-c3nc4ccccc4n3-c3cccc(-c4ccccc4)c3)cccc12. The zero-order valence-electron chi connectivity index (χ0n) is 19.1. The molecule has 0 spiro atoms. The lowest BCUT2D eigenvalue weighted by atomic mass is 10.0. The predicted octanol–water partition coefficient (Wildman–Crippen LogP) is 8.43. The molecule has 3 nitrogen and oxygen atoms in total. The number of pyridine rings is 1. The third-order valence-electron chi connectivity index (χ3n) is 6.52. The summed E-state index contributed by atoms with van der Waals surface area (Å²) in [6, 6.07) is 38.4. The Bertz CT molecular complexity index is 1860. The van der Waals surface area contributed by atoms with E-state index in [0.29, 0.717) is 0 Å². The molecule has 0 N–H and O–H groups in total. The number of aryl methyl sites for hydroxylation is 1. The van der Waals surface area contributed by atoms with Crippen LogP contribution in [-0.2, 0) is 0 Å². The van der Waals surface area contributed by atoms with Gasteiger partial charge in [-0.15, -0.1) is 11.3 Å². The highest BCUT2D eigenvalue weighted by atomic mass is 32.1.